The van der Waals surface area contributed by atoms with E-state index < -0.39 is 10.0 Å². The van der Waals surface area contributed by atoms with Gasteiger partial charge in [-0.05, 0) is 61.5 Å². The van der Waals surface area contributed by atoms with Crippen LogP contribution in [0.4, 0.5) is 5.69 Å². The number of nitrogens with two attached hydrogens (primary N) is 1. The van der Waals surface area contributed by atoms with E-state index in [1.807, 2.05) is 31.2 Å². The van der Waals surface area contributed by atoms with Crippen LogP contribution in [0.25, 0.3) is 11.0 Å². The largest absolute Gasteiger partial charge is 0.457 e. The highest BCUT2D eigenvalue weighted by Gasteiger charge is 2.14. The number of primary sulfonamides is 1. The first-order valence-corrected chi connectivity index (χ1v) is 12.5. The second-order valence-electron chi connectivity index (χ2n) is 7.43. The van der Waals surface area contributed by atoms with Gasteiger partial charge in [0.2, 0.25) is 15.9 Å². The maximum absolute atomic E-state index is 12.4. The molecule has 3 aromatic carbocycles. The predicted molar refractivity (Wildman–Crippen MR) is 129 cm³/mol. The van der Waals surface area contributed by atoms with Gasteiger partial charge in [0.25, 0.3) is 0 Å². The molecule has 0 aliphatic carbocycles. The number of rotatable bonds is 7. The minimum atomic E-state index is -3.81. The molecular weight excluding hydrogens is 460 g/mol. The Kier molecular flexibility index (Phi) is 6.41. The van der Waals surface area contributed by atoms with Crippen molar-refractivity contribution in [2.75, 3.05) is 11.1 Å². The summed E-state index contributed by atoms with van der Waals surface area (Å²) in [7, 11) is -2.01. The summed E-state index contributed by atoms with van der Waals surface area (Å²) in [5.74, 6) is 1.36. The van der Waals surface area contributed by atoms with Gasteiger partial charge in [0.1, 0.15) is 11.5 Å². The average Bonchev–Trinajstić information content (AvgIpc) is 3.10. The van der Waals surface area contributed by atoms with E-state index in [2.05, 4.69) is 10.3 Å². The zero-order valence-corrected chi connectivity index (χ0v) is 19.6. The van der Waals surface area contributed by atoms with Crippen LogP contribution in [0.2, 0.25) is 0 Å². The van der Waals surface area contributed by atoms with Gasteiger partial charge in [-0.25, -0.2) is 18.5 Å². The minimum absolute atomic E-state index is 0.00259. The standard InChI is InChI=1S/C23H22N4O4S2/c1-15-3-7-17(8-4-15)31-18-9-5-16(6-10-18)25-22(28)14-32-23-26-20-13-19(33(24,29)30)11-12-21(20)27(23)2/h3-13H,14H2,1-2H3,(H,25,28)(H2,24,29,30). The number of thioether (sulfide) groups is 1. The van der Waals surface area contributed by atoms with Crippen molar-refractivity contribution >= 4 is 44.4 Å². The SMILES string of the molecule is Cc1ccc(Oc2ccc(NC(=O)CSc3nc4cc(S(N)(=O)=O)ccc4n3C)cc2)cc1. The highest BCUT2D eigenvalue weighted by molar-refractivity contribution is 7.99. The number of aryl methyl sites for hydroxylation is 2. The molecule has 0 spiro atoms. The highest BCUT2D eigenvalue weighted by Crippen LogP contribution is 2.26. The summed E-state index contributed by atoms with van der Waals surface area (Å²) in [5.41, 5.74) is 3.05. The van der Waals surface area contributed by atoms with Crippen LogP contribution in [0.3, 0.4) is 0 Å². The van der Waals surface area contributed by atoms with Crippen LogP contribution in [-0.2, 0) is 21.9 Å². The van der Waals surface area contributed by atoms with E-state index >= 15 is 0 Å². The molecule has 0 bridgehead atoms. The number of hydrogen-bond donors (Lipinski definition) is 2. The number of anilines is 1. The number of sulfonamides is 1. The third kappa shape index (κ3) is 5.54. The smallest absolute Gasteiger partial charge is 0.238 e. The molecule has 10 heteroatoms. The van der Waals surface area contributed by atoms with Gasteiger partial charge in [-0.3, -0.25) is 4.79 Å². The number of carbonyl (C=O) groups excluding carboxylic acids is 1. The van der Waals surface area contributed by atoms with Crippen molar-refractivity contribution in [1.82, 2.24) is 9.55 Å². The summed E-state index contributed by atoms with van der Waals surface area (Å²) in [6.45, 7) is 2.01. The number of amides is 1. The van der Waals surface area contributed by atoms with Crippen molar-refractivity contribution in [2.24, 2.45) is 12.2 Å². The molecule has 170 valence electrons. The molecule has 0 radical (unpaired) electrons. The lowest BCUT2D eigenvalue weighted by molar-refractivity contribution is -0.113. The maximum atomic E-state index is 12.4. The average molecular weight is 483 g/mol. The quantitative estimate of drug-likeness (QED) is 0.384. The highest BCUT2D eigenvalue weighted by atomic mass is 32.2. The van der Waals surface area contributed by atoms with Gasteiger partial charge in [0, 0.05) is 12.7 Å². The Morgan fingerprint density at radius 2 is 1.70 bits per heavy atom. The van der Waals surface area contributed by atoms with Gasteiger partial charge in [0.05, 0.1) is 21.7 Å². The van der Waals surface area contributed by atoms with Crippen molar-refractivity contribution in [3.8, 4) is 11.5 Å². The summed E-state index contributed by atoms with van der Waals surface area (Å²) in [6, 6.07) is 19.4. The molecule has 0 fully saturated rings. The first-order valence-electron chi connectivity index (χ1n) is 9.95. The fraction of sp³-hybridized carbons (Fsp3) is 0.130. The number of benzene rings is 3. The third-order valence-corrected chi connectivity index (χ3v) is 6.81. The van der Waals surface area contributed by atoms with Gasteiger partial charge in [-0.1, -0.05) is 29.5 Å². The molecule has 0 unspecified atom stereocenters. The number of aromatic nitrogens is 2. The third-order valence-electron chi connectivity index (χ3n) is 4.87. The zero-order valence-electron chi connectivity index (χ0n) is 18.0. The van der Waals surface area contributed by atoms with E-state index in [9.17, 15) is 13.2 Å². The van der Waals surface area contributed by atoms with Gasteiger partial charge in [-0.2, -0.15) is 0 Å². The van der Waals surface area contributed by atoms with E-state index in [1.165, 1.54) is 23.9 Å². The van der Waals surface area contributed by atoms with Crippen LogP contribution >= 0.6 is 11.8 Å². The van der Waals surface area contributed by atoms with Gasteiger partial charge >= 0.3 is 0 Å². The molecule has 0 atom stereocenters. The molecule has 4 rings (SSSR count). The molecular formula is C23H22N4O4S2. The molecule has 33 heavy (non-hydrogen) atoms. The van der Waals surface area contributed by atoms with Crippen molar-refractivity contribution < 1.29 is 17.9 Å². The van der Waals surface area contributed by atoms with Crippen molar-refractivity contribution in [3.05, 3.63) is 72.3 Å². The summed E-state index contributed by atoms with van der Waals surface area (Å²) in [6.07, 6.45) is 0. The normalized spacial score (nSPS) is 11.5. The fourth-order valence-electron chi connectivity index (χ4n) is 3.14. The fourth-order valence-corrected chi connectivity index (χ4v) is 4.46. The number of imidazole rings is 1. The second kappa shape index (κ2) is 9.26. The Morgan fingerprint density at radius 1 is 1.06 bits per heavy atom. The van der Waals surface area contributed by atoms with Crippen LogP contribution in [0.15, 0.2) is 76.8 Å². The molecule has 3 N–H and O–H groups in total. The Balaban J connectivity index is 1.36. The summed E-state index contributed by atoms with van der Waals surface area (Å²) < 4.78 is 30.7. The van der Waals surface area contributed by atoms with E-state index in [0.29, 0.717) is 22.1 Å². The summed E-state index contributed by atoms with van der Waals surface area (Å²) in [4.78, 5) is 16.8. The van der Waals surface area contributed by atoms with E-state index in [-0.39, 0.29) is 16.6 Å². The van der Waals surface area contributed by atoms with Gasteiger partial charge in [0.15, 0.2) is 5.16 Å². The first-order chi connectivity index (χ1) is 15.7. The van der Waals surface area contributed by atoms with Crippen molar-refractivity contribution in [3.63, 3.8) is 0 Å². The van der Waals surface area contributed by atoms with E-state index in [1.54, 1.807) is 41.9 Å². The van der Waals surface area contributed by atoms with Crippen LogP contribution in [0.1, 0.15) is 5.56 Å². The number of nitrogens with zero attached hydrogens (tertiary/aromatic N) is 2. The lowest BCUT2D eigenvalue weighted by atomic mass is 10.2. The van der Waals surface area contributed by atoms with Crippen LogP contribution in [0, 0.1) is 6.92 Å². The van der Waals surface area contributed by atoms with Crippen LogP contribution in [-0.4, -0.2) is 29.6 Å². The number of fused-ring (bicyclic) bond motifs is 1. The molecule has 1 amide bonds. The monoisotopic (exact) mass is 482 g/mol. The Morgan fingerprint density at radius 3 is 2.33 bits per heavy atom. The Labute approximate surface area is 195 Å². The lowest BCUT2D eigenvalue weighted by Crippen LogP contribution is -2.14. The lowest BCUT2D eigenvalue weighted by Gasteiger charge is -2.08. The second-order valence-corrected chi connectivity index (χ2v) is 9.93. The molecule has 0 aliphatic heterocycles. The maximum Gasteiger partial charge on any atom is 0.238 e. The molecule has 1 heterocycles. The van der Waals surface area contributed by atoms with Crippen LogP contribution in [0.5, 0.6) is 11.5 Å². The summed E-state index contributed by atoms with van der Waals surface area (Å²) in [5, 5.41) is 8.63. The topological polar surface area (TPSA) is 116 Å². The van der Waals surface area contributed by atoms with Gasteiger partial charge < -0.3 is 14.6 Å². The van der Waals surface area contributed by atoms with E-state index in [4.69, 9.17) is 9.88 Å². The minimum Gasteiger partial charge on any atom is -0.457 e. The zero-order chi connectivity index (χ0) is 23.6. The molecule has 1 aromatic heterocycles. The van der Waals surface area contributed by atoms with Crippen molar-refractivity contribution in [1.29, 1.82) is 0 Å². The number of carbonyl (C=O) groups is 1. The molecule has 8 nitrogen and oxygen atoms in total. The van der Waals surface area contributed by atoms with E-state index in [0.717, 1.165) is 16.8 Å². The Bertz CT molecular complexity index is 1410. The summed E-state index contributed by atoms with van der Waals surface area (Å²) >= 11 is 1.25. The first kappa shape index (κ1) is 22.8. The predicted octanol–water partition coefficient (Wildman–Crippen LogP) is 4.05. The van der Waals surface area contributed by atoms with Gasteiger partial charge in [-0.15, -0.1) is 0 Å². The van der Waals surface area contributed by atoms with Crippen LogP contribution < -0.4 is 15.2 Å². The molecule has 0 saturated carbocycles. The number of hydrogen-bond acceptors (Lipinski definition) is 6. The number of nitrogens with one attached hydrogen (secondary N) is 1. The molecule has 0 saturated heterocycles. The van der Waals surface area contributed by atoms with Crippen molar-refractivity contribution in [2.45, 2.75) is 17.0 Å². The molecule has 0 aliphatic rings. The Hall–Kier alpha value is -3.34. The number of ether oxygens (including phenoxy) is 1. The molecule has 4 aromatic rings.